The van der Waals surface area contributed by atoms with Crippen LogP contribution >= 0.6 is 11.6 Å². The third kappa shape index (κ3) is 4.05. The largest absolute Gasteiger partial charge is 0.329 e. The molecule has 6 heteroatoms. The van der Waals surface area contributed by atoms with Crippen LogP contribution in [-0.4, -0.2) is 46.1 Å². The van der Waals surface area contributed by atoms with Crippen LogP contribution in [0.1, 0.15) is 35.7 Å². The van der Waals surface area contributed by atoms with Gasteiger partial charge in [-0.05, 0) is 44.5 Å². The summed E-state index contributed by atoms with van der Waals surface area (Å²) in [4.78, 5) is 16.8. The van der Waals surface area contributed by atoms with Crippen molar-refractivity contribution >= 4 is 17.5 Å². The molecule has 1 aromatic heterocycles. The fourth-order valence-electron chi connectivity index (χ4n) is 3.56. The molecular formula is C19H25ClN4O. The van der Waals surface area contributed by atoms with Crippen molar-refractivity contribution in [1.29, 1.82) is 0 Å². The van der Waals surface area contributed by atoms with E-state index in [1.807, 2.05) is 30.9 Å². The number of nitrogens with zero attached hydrogens (tertiary/aromatic N) is 4. The smallest absolute Gasteiger partial charge is 0.237 e. The van der Waals surface area contributed by atoms with Crippen LogP contribution in [-0.2, 0) is 24.8 Å². The molecule has 0 saturated heterocycles. The lowest BCUT2D eigenvalue weighted by atomic mass is 9.86. The van der Waals surface area contributed by atoms with Crippen LogP contribution in [0.4, 0.5) is 0 Å². The van der Waals surface area contributed by atoms with Crippen LogP contribution in [0.25, 0.3) is 0 Å². The molecule has 1 aliphatic carbocycles. The van der Waals surface area contributed by atoms with Crippen LogP contribution in [0, 0.1) is 0 Å². The number of fused-ring (bicyclic) bond motifs is 1. The summed E-state index contributed by atoms with van der Waals surface area (Å²) in [6, 6.07) is 8.52. The normalized spacial score (nSPS) is 16.8. The van der Waals surface area contributed by atoms with E-state index in [1.165, 1.54) is 11.1 Å². The maximum Gasteiger partial charge on any atom is 0.237 e. The zero-order valence-electron chi connectivity index (χ0n) is 15.1. The highest BCUT2D eigenvalue weighted by Gasteiger charge is 2.30. The van der Waals surface area contributed by atoms with E-state index >= 15 is 0 Å². The van der Waals surface area contributed by atoms with Crippen molar-refractivity contribution in [3.05, 3.63) is 52.3 Å². The number of aromatic nitrogens is 2. The lowest BCUT2D eigenvalue weighted by Crippen LogP contribution is -2.41. The van der Waals surface area contributed by atoms with Crippen molar-refractivity contribution in [3.63, 3.8) is 0 Å². The molecule has 0 fully saturated rings. The Kier molecular flexibility index (Phi) is 5.45. The first-order valence-electron chi connectivity index (χ1n) is 8.65. The molecular weight excluding hydrogens is 336 g/mol. The molecule has 0 N–H and O–H groups in total. The molecule has 25 heavy (non-hydrogen) atoms. The average Bonchev–Trinajstić information content (AvgIpc) is 2.89. The average molecular weight is 361 g/mol. The number of rotatable bonds is 5. The van der Waals surface area contributed by atoms with Gasteiger partial charge in [-0.3, -0.25) is 9.48 Å². The Labute approximate surface area is 154 Å². The monoisotopic (exact) mass is 360 g/mol. The SMILES string of the molecule is CN(C)CC(=O)N(Cc1nn(C)cc1Cl)[C@@H]1CCCc2ccccc21. The van der Waals surface area contributed by atoms with Crippen LogP contribution < -0.4 is 0 Å². The van der Waals surface area contributed by atoms with Crippen molar-refractivity contribution in [3.8, 4) is 0 Å². The molecule has 0 spiro atoms. The molecule has 1 heterocycles. The second-order valence-electron chi connectivity index (χ2n) is 6.96. The molecule has 5 nitrogen and oxygen atoms in total. The quantitative estimate of drug-likeness (QED) is 0.823. The molecule has 0 bridgehead atoms. The summed E-state index contributed by atoms with van der Waals surface area (Å²) in [5, 5.41) is 5.05. The van der Waals surface area contributed by atoms with Gasteiger partial charge in [0, 0.05) is 13.2 Å². The summed E-state index contributed by atoms with van der Waals surface area (Å²) >= 11 is 6.31. The molecule has 0 saturated carbocycles. The Morgan fingerprint density at radius 1 is 1.36 bits per heavy atom. The topological polar surface area (TPSA) is 41.4 Å². The first kappa shape index (κ1) is 18.0. The van der Waals surface area contributed by atoms with E-state index in [-0.39, 0.29) is 11.9 Å². The van der Waals surface area contributed by atoms with Crippen molar-refractivity contribution < 1.29 is 4.79 Å². The first-order valence-corrected chi connectivity index (χ1v) is 9.03. The highest BCUT2D eigenvalue weighted by Crippen LogP contribution is 2.35. The Bertz CT molecular complexity index is 756. The second-order valence-corrected chi connectivity index (χ2v) is 7.37. The minimum absolute atomic E-state index is 0.0791. The number of hydrogen-bond acceptors (Lipinski definition) is 3. The summed E-state index contributed by atoms with van der Waals surface area (Å²) in [6.07, 6.45) is 4.91. The maximum absolute atomic E-state index is 13.0. The molecule has 3 rings (SSSR count). The molecule has 1 atom stereocenters. The molecule has 0 aliphatic heterocycles. The zero-order chi connectivity index (χ0) is 18.0. The summed E-state index contributed by atoms with van der Waals surface area (Å²) in [6.45, 7) is 0.814. The summed E-state index contributed by atoms with van der Waals surface area (Å²) < 4.78 is 1.70. The molecule has 1 amide bonds. The van der Waals surface area contributed by atoms with E-state index in [9.17, 15) is 4.79 Å². The van der Waals surface area contributed by atoms with Crippen LogP contribution in [0.2, 0.25) is 5.02 Å². The fourth-order valence-corrected chi connectivity index (χ4v) is 3.80. The summed E-state index contributed by atoms with van der Waals surface area (Å²) in [5.74, 6) is 0.105. The second kappa shape index (κ2) is 7.58. The van der Waals surface area contributed by atoms with Gasteiger partial charge >= 0.3 is 0 Å². The van der Waals surface area contributed by atoms with Gasteiger partial charge in [0.1, 0.15) is 5.69 Å². The van der Waals surface area contributed by atoms with Gasteiger partial charge in [-0.15, -0.1) is 0 Å². The predicted octanol–water partition coefficient (Wildman–Crippen LogP) is 3.04. The van der Waals surface area contributed by atoms with E-state index < -0.39 is 0 Å². The Morgan fingerprint density at radius 3 is 2.80 bits per heavy atom. The maximum atomic E-state index is 13.0. The van der Waals surface area contributed by atoms with Gasteiger partial charge in [0.15, 0.2) is 0 Å². The predicted molar refractivity (Wildman–Crippen MR) is 99.4 cm³/mol. The van der Waals surface area contributed by atoms with E-state index in [0.717, 1.165) is 25.0 Å². The van der Waals surface area contributed by atoms with Crippen molar-refractivity contribution in [1.82, 2.24) is 19.6 Å². The van der Waals surface area contributed by atoms with Gasteiger partial charge in [-0.25, -0.2) is 0 Å². The number of amides is 1. The van der Waals surface area contributed by atoms with Gasteiger partial charge in [0.2, 0.25) is 5.91 Å². The van der Waals surface area contributed by atoms with Crippen molar-refractivity contribution in [2.45, 2.75) is 31.8 Å². The molecule has 0 radical (unpaired) electrons. The molecule has 1 aromatic carbocycles. The van der Waals surface area contributed by atoms with Gasteiger partial charge in [-0.1, -0.05) is 35.9 Å². The molecule has 134 valence electrons. The number of likely N-dealkylation sites (N-methyl/N-ethyl adjacent to an activating group) is 1. The minimum atomic E-state index is 0.0791. The van der Waals surface area contributed by atoms with Crippen molar-refractivity contribution in [2.24, 2.45) is 7.05 Å². The first-order chi connectivity index (χ1) is 12.0. The van der Waals surface area contributed by atoms with Gasteiger partial charge in [-0.2, -0.15) is 5.10 Å². The number of aryl methyl sites for hydroxylation is 2. The standard InChI is InChI=1S/C19H25ClN4O/c1-22(2)13-19(25)24(12-17-16(20)11-23(3)21-17)18-10-6-8-14-7-4-5-9-15(14)18/h4-5,7,9,11,18H,6,8,10,12-13H2,1-3H3/t18-/m1/s1. The van der Waals surface area contributed by atoms with E-state index in [2.05, 4.69) is 29.4 Å². The Balaban J connectivity index is 1.94. The van der Waals surface area contributed by atoms with E-state index in [0.29, 0.717) is 18.1 Å². The van der Waals surface area contributed by atoms with Crippen LogP contribution in [0.3, 0.4) is 0 Å². The van der Waals surface area contributed by atoms with E-state index in [4.69, 9.17) is 11.6 Å². The lowest BCUT2D eigenvalue weighted by Gasteiger charge is -2.36. The molecule has 0 unspecified atom stereocenters. The highest BCUT2D eigenvalue weighted by atomic mass is 35.5. The molecule has 2 aromatic rings. The fraction of sp³-hybridized carbons (Fsp3) is 0.474. The summed E-state index contributed by atoms with van der Waals surface area (Å²) in [5.41, 5.74) is 3.35. The molecule has 1 aliphatic rings. The van der Waals surface area contributed by atoms with Gasteiger partial charge in [0.25, 0.3) is 0 Å². The van der Waals surface area contributed by atoms with E-state index in [1.54, 1.807) is 10.9 Å². The minimum Gasteiger partial charge on any atom is -0.329 e. The number of benzene rings is 1. The third-order valence-electron chi connectivity index (χ3n) is 4.66. The number of carbonyl (C=O) groups excluding carboxylic acids is 1. The Morgan fingerprint density at radius 2 is 2.12 bits per heavy atom. The zero-order valence-corrected chi connectivity index (χ0v) is 15.8. The number of halogens is 1. The number of carbonyl (C=O) groups is 1. The van der Waals surface area contributed by atoms with Gasteiger partial charge < -0.3 is 9.80 Å². The van der Waals surface area contributed by atoms with Gasteiger partial charge in [0.05, 0.1) is 24.2 Å². The number of hydrogen-bond donors (Lipinski definition) is 0. The Hall–Kier alpha value is -1.85. The van der Waals surface area contributed by atoms with Crippen LogP contribution in [0.5, 0.6) is 0 Å². The van der Waals surface area contributed by atoms with Crippen LogP contribution in [0.15, 0.2) is 30.5 Å². The highest BCUT2D eigenvalue weighted by molar-refractivity contribution is 6.31. The summed E-state index contributed by atoms with van der Waals surface area (Å²) in [7, 11) is 5.68. The third-order valence-corrected chi connectivity index (χ3v) is 4.98. The lowest BCUT2D eigenvalue weighted by molar-refractivity contribution is -0.135. The van der Waals surface area contributed by atoms with Crippen molar-refractivity contribution in [2.75, 3.05) is 20.6 Å².